The Bertz CT molecular complexity index is 591. The van der Waals surface area contributed by atoms with Crippen molar-refractivity contribution in [3.63, 3.8) is 0 Å². The Balaban J connectivity index is 0.00000312. The monoisotopic (exact) mass is 465 g/mol. The maximum Gasteiger partial charge on any atom is 0.410 e. The van der Waals surface area contributed by atoms with Crippen molar-refractivity contribution in [1.82, 2.24) is 30.3 Å². The van der Waals surface area contributed by atoms with E-state index in [1.165, 1.54) is 6.33 Å². The van der Waals surface area contributed by atoms with Crippen LogP contribution in [0, 0.1) is 0 Å². The number of amides is 1. The van der Waals surface area contributed by atoms with E-state index in [2.05, 4.69) is 25.7 Å². The van der Waals surface area contributed by atoms with Crippen LogP contribution in [0.5, 0.6) is 0 Å². The van der Waals surface area contributed by atoms with E-state index in [0.29, 0.717) is 25.6 Å². The number of rotatable bonds is 4. The molecule has 0 saturated carbocycles. The molecule has 1 aromatic rings. The lowest BCUT2D eigenvalue weighted by molar-refractivity contribution is 0.00701. The molecule has 1 aromatic heterocycles. The molecular weight excluding hydrogens is 437 g/mol. The summed E-state index contributed by atoms with van der Waals surface area (Å²) in [7, 11) is 1.84. The van der Waals surface area contributed by atoms with Crippen molar-refractivity contribution < 1.29 is 9.53 Å². The summed E-state index contributed by atoms with van der Waals surface area (Å²) in [5.74, 6) is 1.49. The topological polar surface area (TPSA) is 96.7 Å². The van der Waals surface area contributed by atoms with E-state index >= 15 is 0 Å². The second-order valence-corrected chi connectivity index (χ2v) is 6.72. The summed E-state index contributed by atoms with van der Waals surface area (Å²) in [5.41, 5.74) is -0.470. The van der Waals surface area contributed by atoms with Crippen LogP contribution in [0.3, 0.4) is 0 Å². The van der Waals surface area contributed by atoms with Crippen LogP contribution < -0.4 is 10.6 Å². The van der Waals surface area contributed by atoms with Gasteiger partial charge in [0.25, 0.3) is 0 Å². The number of carbonyl (C=O) groups is 1. The predicted octanol–water partition coefficient (Wildman–Crippen LogP) is 1.11. The second kappa shape index (κ2) is 9.20. The minimum absolute atomic E-state index is 0. The van der Waals surface area contributed by atoms with Gasteiger partial charge < -0.3 is 20.3 Å². The number of ether oxygens (including phenoxy) is 1. The minimum Gasteiger partial charge on any atom is -0.444 e. The molecule has 0 bridgehead atoms. The number of likely N-dealkylation sites (tertiary alicyclic amines) is 1. The first-order valence-corrected chi connectivity index (χ1v) is 8.14. The summed E-state index contributed by atoms with van der Waals surface area (Å²) in [6.07, 6.45) is 1.23. The Morgan fingerprint density at radius 2 is 2.12 bits per heavy atom. The molecule has 10 heteroatoms. The lowest BCUT2D eigenvalue weighted by Crippen LogP contribution is -2.63. The molecule has 0 spiro atoms. The fraction of sp³-hybridized carbons (Fsp3) is 0.733. The Morgan fingerprint density at radius 1 is 1.44 bits per heavy atom. The molecule has 1 aliphatic heterocycles. The molecule has 1 fully saturated rings. The van der Waals surface area contributed by atoms with Gasteiger partial charge in [-0.15, -0.1) is 24.0 Å². The van der Waals surface area contributed by atoms with Crippen molar-refractivity contribution in [3.8, 4) is 0 Å². The average molecular weight is 465 g/mol. The Hall–Kier alpha value is -1.59. The number of aryl methyl sites for hydroxylation is 1. The van der Waals surface area contributed by atoms with Gasteiger partial charge in [-0.3, -0.25) is 4.68 Å². The van der Waals surface area contributed by atoms with Crippen LogP contribution in [0.2, 0.25) is 0 Å². The largest absolute Gasteiger partial charge is 0.444 e. The van der Waals surface area contributed by atoms with Crippen LogP contribution in [0.4, 0.5) is 4.79 Å². The van der Waals surface area contributed by atoms with E-state index in [4.69, 9.17) is 4.74 Å². The van der Waals surface area contributed by atoms with Crippen molar-refractivity contribution in [2.75, 3.05) is 19.6 Å². The fourth-order valence-corrected chi connectivity index (χ4v) is 2.17. The number of carbonyl (C=O) groups excluding carboxylic acids is 1. The average Bonchev–Trinajstić information content (AvgIpc) is 2.82. The third-order valence-corrected chi connectivity index (χ3v) is 3.40. The van der Waals surface area contributed by atoms with Gasteiger partial charge >= 0.3 is 6.09 Å². The SMILES string of the molecule is CCNC(=NCc1ncnn1C)NC1CN(C(=O)OC(C)(C)C)C1.I. The highest BCUT2D eigenvalue weighted by Crippen LogP contribution is 2.15. The van der Waals surface area contributed by atoms with Crippen LogP contribution in [0.1, 0.15) is 33.5 Å². The highest BCUT2D eigenvalue weighted by molar-refractivity contribution is 14.0. The molecule has 1 aliphatic rings. The van der Waals surface area contributed by atoms with Gasteiger partial charge in [-0.1, -0.05) is 0 Å². The van der Waals surface area contributed by atoms with Gasteiger partial charge in [-0.25, -0.2) is 14.8 Å². The van der Waals surface area contributed by atoms with E-state index in [9.17, 15) is 4.79 Å². The molecule has 9 nitrogen and oxygen atoms in total. The third kappa shape index (κ3) is 6.67. The predicted molar refractivity (Wildman–Crippen MR) is 106 cm³/mol. The maximum absolute atomic E-state index is 11.9. The number of guanidine groups is 1. The van der Waals surface area contributed by atoms with Gasteiger partial charge in [0.05, 0.1) is 6.04 Å². The molecule has 2 N–H and O–H groups in total. The molecule has 0 aliphatic carbocycles. The highest BCUT2D eigenvalue weighted by Gasteiger charge is 2.34. The summed E-state index contributed by atoms with van der Waals surface area (Å²) < 4.78 is 7.04. The Morgan fingerprint density at radius 3 is 2.64 bits per heavy atom. The van der Waals surface area contributed by atoms with Crippen LogP contribution in [-0.2, 0) is 18.3 Å². The molecule has 142 valence electrons. The number of halogens is 1. The van der Waals surface area contributed by atoms with Crippen LogP contribution in [-0.4, -0.2) is 63.0 Å². The van der Waals surface area contributed by atoms with Gasteiger partial charge in [-0.2, -0.15) is 5.10 Å². The molecule has 1 saturated heterocycles. The molecule has 2 heterocycles. The molecule has 2 rings (SSSR count). The van der Waals surface area contributed by atoms with Crippen LogP contribution in [0.25, 0.3) is 0 Å². The summed E-state index contributed by atoms with van der Waals surface area (Å²) in [4.78, 5) is 22.3. The van der Waals surface area contributed by atoms with E-state index in [1.54, 1.807) is 9.58 Å². The second-order valence-electron chi connectivity index (χ2n) is 6.72. The van der Waals surface area contributed by atoms with E-state index in [0.717, 1.165) is 12.4 Å². The number of aliphatic imine (C=N–C) groups is 1. The summed E-state index contributed by atoms with van der Waals surface area (Å²) in [5, 5.41) is 10.5. The van der Waals surface area contributed by atoms with Crippen molar-refractivity contribution in [2.45, 2.75) is 45.9 Å². The number of hydrogen-bond acceptors (Lipinski definition) is 5. The summed E-state index contributed by atoms with van der Waals surface area (Å²) in [6.45, 7) is 10.00. The fourth-order valence-electron chi connectivity index (χ4n) is 2.17. The third-order valence-electron chi connectivity index (χ3n) is 3.40. The van der Waals surface area contributed by atoms with Gasteiger partial charge in [0.2, 0.25) is 0 Å². The smallest absolute Gasteiger partial charge is 0.410 e. The number of nitrogens with one attached hydrogen (secondary N) is 2. The molecule has 0 unspecified atom stereocenters. The quantitative estimate of drug-likeness (QED) is 0.393. The number of aromatic nitrogens is 3. The molecule has 0 aromatic carbocycles. The van der Waals surface area contributed by atoms with Gasteiger partial charge in [0, 0.05) is 26.7 Å². The normalized spacial score (nSPS) is 15.2. The van der Waals surface area contributed by atoms with E-state index in [1.807, 2.05) is 34.7 Å². The maximum atomic E-state index is 11.9. The Labute approximate surface area is 165 Å². The molecule has 25 heavy (non-hydrogen) atoms. The standard InChI is InChI=1S/C15H27N7O2.HI/c1-6-16-13(17-7-12-18-10-19-21(12)5)20-11-8-22(9-11)14(23)24-15(2,3)4;/h10-11H,6-9H2,1-5H3,(H2,16,17,20);1H. The van der Waals surface area contributed by atoms with Crippen molar-refractivity contribution in [2.24, 2.45) is 12.0 Å². The lowest BCUT2D eigenvalue weighted by Gasteiger charge is -2.40. The molecular formula is C15H28IN7O2. The van der Waals surface area contributed by atoms with Gasteiger partial charge in [0.1, 0.15) is 24.3 Å². The van der Waals surface area contributed by atoms with E-state index < -0.39 is 5.60 Å². The zero-order valence-electron chi connectivity index (χ0n) is 15.4. The zero-order chi connectivity index (χ0) is 17.7. The van der Waals surface area contributed by atoms with Crippen molar-refractivity contribution >= 4 is 36.0 Å². The highest BCUT2D eigenvalue weighted by atomic mass is 127. The first-order chi connectivity index (χ1) is 11.3. The molecule has 1 amide bonds. The van der Waals surface area contributed by atoms with Crippen molar-refractivity contribution in [3.05, 3.63) is 12.2 Å². The lowest BCUT2D eigenvalue weighted by atomic mass is 10.1. The minimum atomic E-state index is -0.470. The molecule has 0 atom stereocenters. The summed E-state index contributed by atoms with van der Waals surface area (Å²) in [6, 6.07) is 0.162. The molecule has 0 radical (unpaired) electrons. The first kappa shape index (κ1) is 21.5. The zero-order valence-corrected chi connectivity index (χ0v) is 17.8. The van der Waals surface area contributed by atoms with Crippen LogP contribution in [0.15, 0.2) is 11.3 Å². The van der Waals surface area contributed by atoms with Gasteiger partial charge in [0.15, 0.2) is 5.96 Å². The van der Waals surface area contributed by atoms with E-state index in [-0.39, 0.29) is 36.1 Å². The van der Waals surface area contributed by atoms with Gasteiger partial charge in [-0.05, 0) is 27.7 Å². The summed E-state index contributed by atoms with van der Waals surface area (Å²) >= 11 is 0. The first-order valence-electron chi connectivity index (χ1n) is 8.14. The van der Waals surface area contributed by atoms with Crippen molar-refractivity contribution in [1.29, 1.82) is 0 Å². The number of nitrogens with zero attached hydrogens (tertiary/aromatic N) is 5. The number of hydrogen-bond donors (Lipinski definition) is 2. The van der Waals surface area contributed by atoms with Crippen LogP contribution >= 0.6 is 24.0 Å². The Kier molecular flexibility index (Phi) is 7.90.